The van der Waals surface area contributed by atoms with Gasteiger partial charge in [0.25, 0.3) is 0 Å². The number of aliphatic imine (C=N–C) groups is 1. The molecule has 15 heavy (non-hydrogen) atoms. The van der Waals surface area contributed by atoms with Gasteiger partial charge in [0, 0.05) is 12.6 Å². The van der Waals surface area contributed by atoms with Gasteiger partial charge in [-0.05, 0) is 19.1 Å². The summed E-state index contributed by atoms with van der Waals surface area (Å²) in [7, 11) is 0. The molecule has 0 amide bonds. The highest BCUT2D eigenvalue weighted by Gasteiger charge is 2.24. The summed E-state index contributed by atoms with van der Waals surface area (Å²) in [6.07, 6.45) is 8.50. The summed E-state index contributed by atoms with van der Waals surface area (Å²) >= 11 is 1.47. The molecule has 1 saturated carbocycles. The third kappa shape index (κ3) is 3.40. The van der Waals surface area contributed by atoms with Gasteiger partial charge in [-0.25, -0.2) is 0 Å². The topological polar surface area (TPSA) is 59.6 Å². The number of amidine groups is 1. The first-order valence-electron chi connectivity index (χ1n) is 5.21. The molecule has 0 heterocycles. The Labute approximate surface area is 95.0 Å². The number of thioether (sulfide) groups is 1. The van der Waals surface area contributed by atoms with E-state index in [4.69, 9.17) is 10.4 Å². The second kappa shape index (κ2) is 6.70. The largest absolute Gasteiger partial charge is 0.395 e. The standard InChI is InChI=1S/C10H17N3OS/c1-15-10(12-8-11)13(6-7-14)9-4-2-3-5-9/h9,14H,2-7H2,1H3. The molecule has 1 N–H and O–H groups in total. The van der Waals surface area contributed by atoms with E-state index in [9.17, 15) is 0 Å². The summed E-state index contributed by atoms with van der Waals surface area (Å²) in [5, 5.41) is 18.3. The zero-order valence-corrected chi connectivity index (χ0v) is 9.83. The fraction of sp³-hybridized carbons (Fsp3) is 0.800. The van der Waals surface area contributed by atoms with E-state index in [1.165, 1.54) is 24.6 Å². The molecule has 0 spiro atoms. The molecule has 1 fully saturated rings. The lowest BCUT2D eigenvalue weighted by Gasteiger charge is -2.29. The van der Waals surface area contributed by atoms with E-state index in [0.29, 0.717) is 12.6 Å². The summed E-state index contributed by atoms with van der Waals surface area (Å²) in [4.78, 5) is 5.88. The third-order valence-electron chi connectivity index (χ3n) is 2.68. The quantitative estimate of drug-likeness (QED) is 0.450. The smallest absolute Gasteiger partial charge is 0.208 e. The first kappa shape index (κ1) is 12.3. The van der Waals surface area contributed by atoms with E-state index in [1.54, 1.807) is 0 Å². The molecule has 0 atom stereocenters. The Kier molecular flexibility index (Phi) is 5.51. The SMILES string of the molecule is CSC(=NC#N)N(CCO)C1CCCC1. The lowest BCUT2D eigenvalue weighted by molar-refractivity contribution is 0.222. The molecule has 0 aromatic carbocycles. The Hall–Kier alpha value is -0.730. The predicted molar refractivity (Wildman–Crippen MR) is 62.6 cm³/mol. The van der Waals surface area contributed by atoms with Crippen LogP contribution in [0.3, 0.4) is 0 Å². The average molecular weight is 227 g/mol. The maximum Gasteiger partial charge on any atom is 0.208 e. The van der Waals surface area contributed by atoms with Gasteiger partial charge in [-0.15, -0.1) is 4.99 Å². The number of nitriles is 1. The van der Waals surface area contributed by atoms with Crippen molar-refractivity contribution in [1.29, 1.82) is 5.26 Å². The van der Waals surface area contributed by atoms with Crippen LogP contribution >= 0.6 is 11.8 Å². The summed E-state index contributed by atoms with van der Waals surface area (Å²) in [6, 6.07) is 0.455. The van der Waals surface area contributed by atoms with Crippen molar-refractivity contribution in [3.05, 3.63) is 0 Å². The van der Waals surface area contributed by atoms with E-state index in [-0.39, 0.29) is 6.61 Å². The molecule has 1 aliphatic rings. The zero-order valence-electron chi connectivity index (χ0n) is 9.02. The second-order valence-corrected chi connectivity index (χ2v) is 4.33. The molecule has 84 valence electrons. The average Bonchev–Trinajstić information content (AvgIpc) is 2.76. The first-order valence-corrected chi connectivity index (χ1v) is 6.44. The molecule has 0 unspecified atom stereocenters. The van der Waals surface area contributed by atoms with Crippen molar-refractivity contribution in [2.75, 3.05) is 19.4 Å². The number of hydrogen-bond donors (Lipinski definition) is 1. The van der Waals surface area contributed by atoms with Gasteiger partial charge in [0.2, 0.25) is 6.19 Å². The van der Waals surface area contributed by atoms with Crippen molar-refractivity contribution >= 4 is 16.9 Å². The molecule has 0 aromatic rings. The summed E-state index contributed by atoms with van der Waals surface area (Å²) in [5.74, 6) is 0. The molecule has 0 aromatic heterocycles. The third-order valence-corrected chi connectivity index (χ3v) is 3.37. The van der Waals surface area contributed by atoms with Crippen LogP contribution in [0.5, 0.6) is 0 Å². The van der Waals surface area contributed by atoms with Crippen molar-refractivity contribution in [1.82, 2.24) is 4.90 Å². The molecule has 0 aliphatic heterocycles. The van der Waals surface area contributed by atoms with Gasteiger partial charge in [-0.2, -0.15) is 5.26 Å². The molecule has 1 rings (SSSR count). The number of nitrogens with zero attached hydrogens (tertiary/aromatic N) is 3. The van der Waals surface area contributed by atoms with E-state index >= 15 is 0 Å². The van der Waals surface area contributed by atoms with Gasteiger partial charge in [0.05, 0.1) is 6.61 Å². The fourth-order valence-electron chi connectivity index (χ4n) is 2.03. The minimum Gasteiger partial charge on any atom is -0.395 e. The molecule has 5 heteroatoms. The second-order valence-electron chi connectivity index (χ2n) is 3.55. The van der Waals surface area contributed by atoms with Crippen molar-refractivity contribution < 1.29 is 5.11 Å². The highest BCUT2D eigenvalue weighted by molar-refractivity contribution is 8.13. The maximum atomic E-state index is 9.02. The van der Waals surface area contributed by atoms with Crippen molar-refractivity contribution in [2.24, 2.45) is 4.99 Å². The van der Waals surface area contributed by atoms with Crippen LogP contribution in [0.25, 0.3) is 0 Å². The first-order chi connectivity index (χ1) is 7.33. The monoisotopic (exact) mass is 227 g/mol. The lowest BCUT2D eigenvalue weighted by atomic mass is 10.2. The molecule has 1 aliphatic carbocycles. The highest BCUT2D eigenvalue weighted by atomic mass is 32.2. The minimum atomic E-state index is 0.113. The molecule has 0 saturated heterocycles. The molecular weight excluding hydrogens is 210 g/mol. The van der Waals surface area contributed by atoms with E-state index in [2.05, 4.69) is 9.89 Å². The van der Waals surface area contributed by atoms with Gasteiger partial charge in [0.15, 0.2) is 5.17 Å². The van der Waals surface area contributed by atoms with Crippen LogP contribution in [0.1, 0.15) is 25.7 Å². The van der Waals surface area contributed by atoms with Gasteiger partial charge in [0.1, 0.15) is 0 Å². The van der Waals surface area contributed by atoms with Crippen molar-refractivity contribution in [3.8, 4) is 6.19 Å². The molecule has 0 bridgehead atoms. The van der Waals surface area contributed by atoms with E-state index in [1.807, 2.05) is 12.4 Å². The van der Waals surface area contributed by atoms with Crippen LogP contribution in [-0.2, 0) is 0 Å². The summed E-state index contributed by atoms with van der Waals surface area (Å²) in [6.45, 7) is 0.688. The van der Waals surface area contributed by atoms with E-state index < -0.39 is 0 Å². The van der Waals surface area contributed by atoms with Crippen LogP contribution in [0.15, 0.2) is 4.99 Å². The number of rotatable bonds is 3. The maximum absolute atomic E-state index is 9.02. The Morgan fingerprint density at radius 2 is 2.27 bits per heavy atom. The summed E-state index contributed by atoms with van der Waals surface area (Å²) < 4.78 is 0. The van der Waals surface area contributed by atoms with Gasteiger partial charge >= 0.3 is 0 Å². The molecule has 4 nitrogen and oxygen atoms in total. The van der Waals surface area contributed by atoms with Crippen LogP contribution < -0.4 is 0 Å². The Morgan fingerprint density at radius 1 is 1.60 bits per heavy atom. The van der Waals surface area contributed by atoms with Crippen LogP contribution in [0, 0.1) is 11.5 Å². The lowest BCUT2D eigenvalue weighted by Crippen LogP contribution is -2.39. The number of aliphatic hydroxyl groups is 1. The normalized spacial score (nSPS) is 17.8. The van der Waals surface area contributed by atoms with Crippen molar-refractivity contribution in [3.63, 3.8) is 0 Å². The zero-order chi connectivity index (χ0) is 11.1. The van der Waals surface area contributed by atoms with Gasteiger partial charge < -0.3 is 10.0 Å². The minimum absolute atomic E-state index is 0.113. The Bertz CT molecular complexity index is 256. The van der Waals surface area contributed by atoms with Crippen LogP contribution in [0.2, 0.25) is 0 Å². The van der Waals surface area contributed by atoms with Gasteiger partial charge in [-0.3, -0.25) is 0 Å². The van der Waals surface area contributed by atoms with Crippen LogP contribution in [0.4, 0.5) is 0 Å². The molecular formula is C10H17N3OS. The van der Waals surface area contributed by atoms with E-state index in [0.717, 1.165) is 18.0 Å². The van der Waals surface area contributed by atoms with Gasteiger partial charge in [-0.1, -0.05) is 24.6 Å². The van der Waals surface area contributed by atoms with Crippen LogP contribution in [-0.4, -0.2) is 40.6 Å². The van der Waals surface area contributed by atoms with Crippen molar-refractivity contribution in [2.45, 2.75) is 31.7 Å². The fourth-order valence-corrected chi connectivity index (χ4v) is 2.63. The Morgan fingerprint density at radius 3 is 2.73 bits per heavy atom. The highest BCUT2D eigenvalue weighted by Crippen LogP contribution is 2.25. The Balaban J connectivity index is 2.70. The number of aliphatic hydroxyl groups excluding tert-OH is 1. The number of hydrogen-bond acceptors (Lipinski definition) is 4. The summed E-state index contributed by atoms with van der Waals surface area (Å²) in [5.41, 5.74) is 0. The molecule has 0 radical (unpaired) electrons. The predicted octanol–water partition coefficient (Wildman–Crippen LogP) is 1.42.